The molecule has 98 valence electrons. The summed E-state index contributed by atoms with van der Waals surface area (Å²) < 4.78 is 32.4. The first-order valence-corrected chi connectivity index (χ1v) is 6.89. The topological polar surface area (TPSA) is 84.7 Å². The summed E-state index contributed by atoms with van der Waals surface area (Å²) in [5.41, 5.74) is 5.33. The summed E-state index contributed by atoms with van der Waals surface area (Å²) in [6, 6.07) is -0.231. The van der Waals surface area contributed by atoms with Gasteiger partial charge in [-0.3, -0.25) is 0 Å². The standard InChI is InChI=1S/C9H23N3O3S/c1-4-15-8-9(2)11-16(13,14)12(3)7-5-6-10/h9,11H,4-8,10H2,1-3H3. The Bertz CT molecular complexity index is 269. The van der Waals surface area contributed by atoms with Crippen molar-refractivity contribution in [2.24, 2.45) is 5.73 Å². The number of hydrogen-bond donors (Lipinski definition) is 2. The van der Waals surface area contributed by atoms with Crippen molar-refractivity contribution in [3.63, 3.8) is 0 Å². The van der Waals surface area contributed by atoms with E-state index in [1.165, 1.54) is 11.4 Å². The summed E-state index contributed by atoms with van der Waals surface area (Å²) in [7, 11) is -1.88. The average molecular weight is 253 g/mol. The highest BCUT2D eigenvalue weighted by atomic mass is 32.2. The van der Waals surface area contributed by atoms with Crippen LogP contribution in [0.3, 0.4) is 0 Å². The fourth-order valence-corrected chi connectivity index (χ4v) is 2.23. The molecule has 0 spiro atoms. The Kier molecular flexibility index (Phi) is 7.86. The molecule has 1 atom stereocenters. The predicted octanol–water partition coefficient (Wildman–Crippen LogP) is -0.474. The molecule has 16 heavy (non-hydrogen) atoms. The van der Waals surface area contributed by atoms with E-state index >= 15 is 0 Å². The van der Waals surface area contributed by atoms with Gasteiger partial charge in [0, 0.05) is 26.2 Å². The zero-order valence-corrected chi connectivity index (χ0v) is 11.1. The van der Waals surface area contributed by atoms with E-state index < -0.39 is 10.2 Å². The van der Waals surface area contributed by atoms with Crippen molar-refractivity contribution in [1.29, 1.82) is 0 Å². The Balaban J connectivity index is 4.11. The monoisotopic (exact) mass is 253 g/mol. The second kappa shape index (κ2) is 7.97. The third-order valence-corrected chi connectivity index (χ3v) is 3.71. The highest BCUT2D eigenvalue weighted by Gasteiger charge is 2.19. The molecule has 7 heteroatoms. The first-order chi connectivity index (χ1) is 7.44. The lowest BCUT2D eigenvalue weighted by molar-refractivity contribution is 0.133. The van der Waals surface area contributed by atoms with Crippen LogP contribution >= 0.6 is 0 Å². The van der Waals surface area contributed by atoms with E-state index in [4.69, 9.17) is 10.5 Å². The summed E-state index contributed by atoms with van der Waals surface area (Å²) in [6.45, 7) is 5.50. The highest BCUT2D eigenvalue weighted by Crippen LogP contribution is 1.97. The number of nitrogens with two attached hydrogens (primary N) is 1. The fourth-order valence-electron chi connectivity index (χ4n) is 1.11. The van der Waals surface area contributed by atoms with Crippen molar-refractivity contribution in [1.82, 2.24) is 9.03 Å². The second-order valence-electron chi connectivity index (χ2n) is 3.65. The third kappa shape index (κ3) is 6.39. The molecule has 1 unspecified atom stereocenters. The van der Waals surface area contributed by atoms with E-state index in [-0.39, 0.29) is 6.04 Å². The molecule has 0 saturated carbocycles. The van der Waals surface area contributed by atoms with Gasteiger partial charge in [0.2, 0.25) is 0 Å². The van der Waals surface area contributed by atoms with Crippen LogP contribution in [-0.2, 0) is 14.9 Å². The van der Waals surface area contributed by atoms with Gasteiger partial charge in [0.05, 0.1) is 6.61 Å². The number of nitrogens with zero attached hydrogens (tertiary/aromatic N) is 1. The minimum Gasteiger partial charge on any atom is -0.380 e. The lowest BCUT2D eigenvalue weighted by Gasteiger charge is -2.20. The summed E-state index contributed by atoms with van der Waals surface area (Å²) >= 11 is 0. The maximum absolute atomic E-state index is 11.7. The molecule has 0 aromatic carbocycles. The van der Waals surface area contributed by atoms with Crippen molar-refractivity contribution < 1.29 is 13.2 Å². The molecule has 0 fully saturated rings. The zero-order chi connectivity index (χ0) is 12.6. The Hall–Kier alpha value is -0.210. The van der Waals surface area contributed by atoms with Gasteiger partial charge in [0.15, 0.2) is 0 Å². The van der Waals surface area contributed by atoms with Gasteiger partial charge in [-0.25, -0.2) is 0 Å². The van der Waals surface area contributed by atoms with Gasteiger partial charge in [-0.2, -0.15) is 17.4 Å². The average Bonchev–Trinajstić information content (AvgIpc) is 2.22. The summed E-state index contributed by atoms with van der Waals surface area (Å²) in [6.07, 6.45) is 0.650. The van der Waals surface area contributed by atoms with E-state index in [2.05, 4.69) is 4.72 Å². The van der Waals surface area contributed by atoms with Crippen LogP contribution in [0.1, 0.15) is 20.3 Å². The molecule has 0 aliphatic carbocycles. The maximum Gasteiger partial charge on any atom is 0.279 e. The minimum atomic E-state index is -3.41. The first-order valence-electron chi connectivity index (χ1n) is 5.45. The maximum atomic E-state index is 11.7. The van der Waals surface area contributed by atoms with Crippen LogP contribution < -0.4 is 10.5 Å². The molecule has 0 aromatic rings. The zero-order valence-electron chi connectivity index (χ0n) is 10.3. The van der Waals surface area contributed by atoms with Gasteiger partial charge >= 0.3 is 0 Å². The number of hydrogen-bond acceptors (Lipinski definition) is 4. The second-order valence-corrected chi connectivity index (χ2v) is 5.46. The predicted molar refractivity (Wildman–Crippen MR) is 64.3 cm³/mol. The van der Waals surface area contributed by atoms with Crippen molar-refractivity contribution in [2.75, 3.05) is 33.4 Å². The van der Waals surface area contributed by atoms with Crippen molar-refractivity contribution in [3.05, 3.63) is 0 Å². The van der Waals surface area contributed by atoms with Gasteiger partial charge in [0.25, 0.3) is 10.2 Å². The quantitative estimate of drug-likeness (QED) is 0.581. The number of rotatable bonds is 9. The lowest BCUT2D eigenvalue weighted by Crippen LogP contribution is -2.44. The molecular weight excluding hydrogens is 230 g/mol. The van der Waals surface area contributed by atoms with E-state index in [1.807, 2.05) is 6.92 Å². The van der Waals surface area contributed by atoms with Crippen LogP contribution in [0.4, 0.5) is 0 Å². The molecule has 0 saturated heterocycles. The van der Waals surface area contributed by atoms with Gasteiger partial charge < -0.3 is 10.5 Å². The van der Waals surface area contributed by atoms with Crippen LogP contribution in [0, 0.1) is 0 Å². The minimum absolute atomic E-state index is 0.231. The van der Waals surface area contributed by atoms with Crippen molar-refractivity contribution in [2.45, 2.75) is 26.3 Å². The Labute approximate surface area is 98.3 Å². The SMILES string of the molecule is CCOCC(C)NS(=O)(=O)N(C)CCCN. The first kappa shape index (κ1) is 15.8. The molecule has 3 N–H and O–H groups in total. The van der Waals surface area contributed by atoms with Gasteiger partial charge in [-0.1, -0.05) is 0 Å². The molecule has 6 nitrogen and oxygen atoms in total. The molecule has 0 aliphatic rings. The number of nitrogens with one attached hydrogen (secondary N) is 1. The smallest absolute Gasteiger partial charge is 0.279 e. The van der Waals surface area contributed by atoms with Gasteiger partial charge in [-0.05, 0) is 26.8 Å². The summed E-state index contributed by atoms with van der Waals surface area (Å²) in [4.78, 5) is 0. The van der Waals surface area contributed by atoms with E-state index in [9.17, 15) is 8.42 Å². The molecule has 0 amide bonds. The molecule has 0 bridgehead atoms. The molecular formula is C9H23N3O3S. The van der Waals surface area contributed by atoms with Crippen molar-refractivity contribution >= 4 is 10.2 Å². The van der Waals surface area contributed by atoms with Gasteiger partial charge in [0.1, 0.15) is 0 Å². The van der Waals surface area contributed by atoms with E-state index in [0.29, 0.717) is 32.7 Å². The lowest BCUT2D eigenvalue weighted by atomic mass is 10.4. The summed E-state index contributed by atoms with van der Waals surface area (Å²) in [5, 5.41) is 0. The molecule has 0 rings (SSSR count). The molecule has 0 radical (unpaired) electrons. The van der Waals surface area contributed by atoms with E-state index in [0.717, 1.165) is 0 Å². The third-order valence-electron chi connectivity index (χ3n) is 2.01. The summed E-state index contributed by atoms with van der Waals surface area (Å²) in [5.74, 6) is 0. The highest BCUT2D eigenvalue weighted by molar-refractivity contribution is 7.87. The Morgan fingerprint density at radius 2 is 2.12 bits per heavy atom. The van der Waals surface area contributed by atoms with Crippen LogP contribution in [0.15, 0.2) is 0 Å². The molecule has 0 heterocycles. The normalized spacial score (nSPS) is 14.3. The Morgan fingerprint density at radius 3 is 2.62 bits per heavy atom. The van der Waals surface area contributed by atoms with Crippen LogP contribution in [0.2, 0.25) is 0 Å². The molecule has 0 aromatic heterocycles. The van der Waals surface area contributed by atoms with Crippen LogP contribution in [0.25, 0.3) is 0 Å². The molecule has 0 aliphatic heterocycles. The number of ether oxygens (including phenoxy) is 1. The fraction of sp³-hybridized carbons (Fsp3) is 1.00. The van der Waals surface area contributed by atoms with Crippen LogP contribution in [0.5, 0.6) is 0 Å². The largest absolute Gasteiger partial charge is 0.380 e. The van der Waals surface area contributed by atoms with Crippen molar-refractivity contribution in [3.8, 4) is 0 Å². The van der Waals surface area contributed by atoms with Gasteiger partial charge in [-0.15, -0.1) is 0 Å². The Morgan fingerprint density at radius 1 is 1.50 bits per heavy atom. The van der Waals surface area contributed by atoms with Crippen LogP contribution in [-0.4, -0.2) is 52.1 Å². The van der Waals surface area contributed by atoms with E-state index in [1.54, 1.807) is 6.92 Å².